The molecule has 286 valence electrons. The van der Waals surface area contributed by atoms with Crippen LogP contribution >= 0.6 is 0 Å². The summed E-state index contributed by atoms with van der Waals surface area (Å²) >= 11 is 0. The number of sulfonamides is 1. The monoisotopic (exact) mass is 765 g/mol. The lowest BCUT2D eigenvalue weighted by Crippen LogP contribution is -2.48. The molecule has 0 radical (unpaired) electrons. The van der Waals surface area contributed by atoms with Crippen LogP contribution in [0.3, 0.4) is 0 Å². The predicted molar refractivity (Wildman–Crippen MR) is 207 cm³/mol. The predicted octanol–water partition coefficient (Wildman–Crippen LogP) is 4.96. The molecule has 1 saturated carbocycles. The number of carboxylic acid groups (broad SMARTS) is 1. The highest BCUT2D eigenvalue weighted by Crippen LogP contribution is 2.30. The van der Waals surface area contributed by atoms with E-state index in [2.05, 4.69) is 35.9 Å². The molecule has 0 unspecified atom stereocenters. The Labute approximate surface area is 318 Å². The molecule has 0 bridgehead atoms. The van der Waals surface area contributed by atoms with Crippen molar-refractivity contribution in [3.05, 3.63) is 124 Å². The molecule has 0 aliphatic heterocycles. The second-order valence-corrected chi connectivity index (χ2v) is 15.5. The highest BCUT2D eigenvalue weighted by molar-refractivity contribution is 7.89. The van der Waals surface area contributed by atoms with Crippen LogP contribution in [0.5, 0.6) is 0 Å². The Hall–Kier alpha value is -6.06. The molecule has 14 nitrogen and oxygen atoms in total. The molecule has 0 saturated heterocycles. The van der Waals surface area contributed by atoms with E-state index in [-0.39, 0.29) is 35.6 Å². The number of nitrogens with one attached hydrogen (secondary N) is 6. The number of carbonyl (C=O) groups excluding carboxylic acids is 2. The minimum atomic E-state index is -3.83. The summed E-state index contributed by atoms with van der Waals surface area (Å²) < 4.78 is 29.3. The fourth-order valence-electron chi connectivity index (χ4n) is 6.75. The molecule has 0 spiro atoms. The molecule has 7 N–H and O–H groups in total. The van der Waals surface area contributed by atoms with E-state index in [0.717, 1.165) is 22.3 Å². The highest BCUT2D eigenvalue weighted by atomic mass is 32.2. The second-order valence-electron chi connectivity index (χ2n) is 13.7. The molecule has 1 heterocycles. The van der Waals surface area contributed by atoms with Crippen LogP contribution in [0.1, 0.15) is 42.4 Å². The van der Waals surface area contributed by atoms with Crippen LogP contribution in [-0.4, -0.2) is 59.2 Å². The number of nitrogens with zero attached hydrogens (tertiary/aromatic N) is 1. The van der Waals surface area contributed by atoms with Crippen molar-refractivity contribution < 1.29 is 27.9 Å². The van der Waals surface area contributed by atoms with Crippen molar-refractivity contribution in [2.24, 2.45) is 11.8 Å². The van der Waals surface area contributed by atoms with Gasteiger partial charge >= 0.3 is 11.8 Å². The Morgan fingerprint density at radius 3 is 2.29 bits per heavy atom. The third kappa shape index (κ3) is 10.3. The number of hydrogen-bond acceptors (Lipinski definition) is 7. The van der Waals surface area contributed by atoms with Crippen molar-refractivity contribution in [1.29, 1.82) is 0 Å². The quantitative estimate of drug-likeness (QED) is 0.0819. The van der Waals surface area contributed by atoms with Crippen LogP contribution in [-0.2, 0) is 32.6 Å². The van der Waals surface area contributed by atoms with E-state index in [1.54, 1.807) is 42.5 Å². The van der Waals surface area contributed by atoms with Crippen LogP contribution in [0.4, 0.5) is 10.5 Å². The number of rotatable bonds is 14. The fraction of sp³-hybridized carbons (Fsp3) is 0.275. The molecule has 1 aliphatic rings. The zero-order valence-electron chi connectivity index (χ0n) is 30.2. The van der Waals surface area contributed by atoms with Crippen molar-refractivity contribution in [3.63, 3.8) is 0 Å². The van der Waals surface area contributed by atoms with E-state index < -0.39 is 33.8 Å². The van der Waals surface area contributed by atoms with Crippen LogP contribution in [0, 0.1) is 18.8 Å². The number of H-pyrrole nitrogens is 2. The number of aromatic nitrogens is 3. The first-order chi connectivity index (χ1) is 26.4. The lowest BCUT2D eigenvalue weighted by atomic mass is 9.81. The van der Waals surface area contributed by atoms with E-state index in [1.807, 2.05) is 61.5 Å². The van der Waals surface area contributed by atoms with Crippen LogP contribution in [0.2, 0.25) is 0 Å². The number of benzene rings is 4. The third-order valence-electron chi connectivity index (χ3n) is 9.83. The first-order valence-corrected chi connectivity index (χ1v) is 19.5. The van der Waals surface area contributed by atoms with E-state index >= 15 is 0 Å². The number of aryl methyl sites for hydroxylation is 1. The molecule has 5 aromatic rings. The maximum atomic E-state index is 13.9. The molecule has 55 heavy (non-hydrogen) atoms. The fourth-order valence-corrected chi connectivity index (χ4v) is 7.79. The Morgan fingerprint density at radius 1 is 0.873 bits per heavy atom. The Bertz CT molecular complexity index is 2300. The van der Waals surface area contributed by atoms with E-state index in [1.165, 1.54) is 0 Å². The van der Waals surface area contributed by atoms with Gasteiger partial charge in [0.15, 0.2) is 5.82 Å². The van der Waals surface area contributed by atoms with Gasteiger partial charge in [-0.1, -0.05) is 60.7 Å². The first-order valence-electron chi connectivity index (χ1n) is 18.0. The summed E-state index contributed by atoms with van der Waals surface area (Å²) in [5, 5.41) is 23.5. The topological polar surface area (TPSA) is 215 Å². The normalized spacial score (nSPS) is 16.2. The van der Waals surface area contributed by atoms with E-state index in [9.17, 15) is 27.6 Å². The molecule has 3 amide bonds. The summed E-state index contributed by atoms with van der Waals surface area (Å²) in [6.07, 6.45) is 1.56. The van der Waals surface area contributed by atoms with Crippen LogP contribution in [0.15, 0.2) is 107 Å². The number of anilines is 1. The summed E-state index contributed by atoms with van der Waals surface area (Å²) in [4.78, 5) is 52.7. The molecular formula is C40H43N7O7S. The van der Waals surface area contributed by atoms with Crippen LogP contribution in [0.25, 0.3) is 22.5 Å². The molecule has 1 fully saturated rings. The lowest BCUT2D eigenvalue weighted by Gasteiger charge is -2.29. The molecule has 1 aromatic heterocycles. The lowest BCUT2D eigenvalue weighted by molar-refractivity contribution is -0.130. The van der Waals surface area contributed by atoms with Crippen molar-refractivity contribution in [1.82, 2.24) is 30.5 Å². The number of aromatic amines is 2. The van der Waals surface area contributed by atoms with Gasteiger partial charge in [0.1, 0.15) is 6.04 Å². The molecule has 1 atom stereocenters. The van der Waals surface area contributed by atoms with Crippen LogP contribution < -0.4 is 26.4 Å². The average Bonchev–Trinajstić information content (AvgIpc) is 3.63. The maximum absolute atomic E-state index is 13.9. The van der Waals surface area contributed by atoms with Gasteiger partial charge in [-0.25, -0.2) is 27.8 Å². The Kier molecular flexibility index (Phi) is 12.2. The maximum Gasteiger partial charge on any atom is 0.404 e. The summed E-state index contributed by atoms with van der Waals surface area (Å²) in [7, 11) is -3.83. The minimum absolute atomic E-state index is 0.122. The van der Waals surface area contributed by atoms with Gasteiger partial charge in [0.2, 0.25) is 21.8 Å². The molecule has 15 heteroatoms. The van der Waals surface area contributed by atoms with Crippen molar-refractivity contribution in [2.45, 2.75) is 56.5 Å². The Morgan fingerprint density at radius 2 is 1.60 bits per heavy atom. The van der Waals surface area contributed by atoms with Gasteiger partial charge in [-0.05, 0) is 103 Å². The molecule has 4 aromatic carbocycles. The summed E-state index contributed by atoms with van der Waals surface area (Å²) in [5.74, 6) is -0.534. The first kappa shape index (κ1) is 38.7. The van der Waals surface area contributed by atoms with Gasteiger partial charge in [0.05, 0.1) is 4.90 Å². The third-order valence-corrected chi connectivity index (χ3v) is 11.2. The van der Waals surface area contributed by atoms with Crippen molar-refractivity contribution in [2.75, 3.05) is 11.9 Å². The average molecular weight is 766 g/mol. The van der Waals surface area contributed by atoms with Gasteiger partial charge < -0.3 is 21.1 Å². The molecule has 6 rings (SSSR count). The second kappa shape index (κ2) is 17.4. The zero-order valence-corrected chi connectivity index (χ0v) is 31.0. The van der Waals surface area contributed by atoms with Crippen molar-refractivity contribution in [3.8, 4) is 22.5 Å². The largest absolute Gasteiger partial charge is 0.465 e. The Balaban J connectivity index is 1.20. The number of hydrogen-bond donors (Lipinski definition) is 7. The summed E-state index contributed by atoms with van der Waals surface area (Å²) in [6, 6.07) is 27.5. The zero-order chi connectivity index (χ0) is 39.0. The van der Waals surface area contributed by atoms with E-state index in [4.69, 9.17) is 5.11 Å². The van der Waals surface area contributed by atoms with Crippen molar-refractivity contribution >= 4 is 33.6 Å². The smallest absolute Gasteiger partial charge is 0.404 e. The minimum Gasteiger partial charge on any atom is -0.465 e. The highest BCUT2D eigenvalue weighted by Gasteiger charge is 2.30. The summed E-state index contributed by atoms with van der Waals surface area (Å²) in [6.45, 7) is 2.38. The summed E-state index contributed by atoms with van der Waals surface area (Å²) in [5.41, 5.74) is 4.56. The number of carbonyl (C=O) groups is 3. The SMILES string of the molecule is Cc1ccc(S(=O)(=O)NCc2ccccc2)cc1-c1cccc(C[C@H](NC(=O)[C@H]2CC[C@H](CNC(=O)O)CC2)C(=O)Nc2ccc(-c3n[nH]c(=O)[nH]3)cc2)c1. The molecule has 1 aliphatic carbocycles. The standard InChI is InChI=1S/C40H43N7O7S/c1-25-10-19-33(55(53,54)42-24-26-6-3-2-4-7-26)22-34(25)31-9-5-8-28(20-31)21-35(44-37(48)30-13-11-27(12-14-30)23-41-40(51)52)38(49)43-32-17-15-29(16-18-32)36-45-39(50)47-46-36/h2-10,15-20,22,27,30,35,41-42H,11-14,21,23-24H2,1H3,(H,43,49)(H,44,48)(H,51,52)(H2,45,46,47,50)/t27-,30-,35-/m0/s1. The number of amides is 3. The van der Waals surface area contributed by atoms with Gasteiger partial charge in [0.25, 0.3) is 0 Å². The van der Waals surface area contributed by atoms with E-state index in [0.29, 0.717) is 54.9 Å². The van der Waals surface area contributed by atoms with Gasteiger partial charge in [0, 0.05) is 36.7 Å². The van der Waals surface area contributed by atoms with Gasteiger partial charge in [-0.15, -0.1) is 0 Å². The van der Waals surface area contributed by atoms with Gasteiger partial charge in [-0.2, -0.15) is 5.10 Å². The molecular weight excluding hydrogens is 723 g/mol. The van der Waals surface area contributed by atoms with Gasteiger partial charge in [-0.3, -0.25) is 14.6 Å².